The van der Waals surface area contributed by atoms with Gasteiger partial charge in [-0.3, -0.25) is 4.79 Å². The van der Waals surface area contributed by atoms with Gasteiger partial charge in [-0.15, -0.1) is 0 Å². The monoisotopic (exact) mass is 208 g/mol. The molecule has 4 heteroatoms. The van der Waals surface area contributed by atoms with Gasteiger partial charge in [0.05, 0.1) is 6.54 Å². The maximum absolute atomic E-state index is 11.6. The van der Waals surface area contributed by atoms with Gasteiger partial charge in [-0.05, 0) is 24.7 Å². The minimum atomic E-state index is -0.00380. The topological polar surface area (TPSA) is 55.1 Å². The van der Waals surface area contributed by atoms with E-state index in [1.165, 1.54) is 0 Å². The molecule has 0 amide bonds. The van der Waals surface area contributed by atoms with Crippen molar-refractivity contribution in [2.45, 2.75) is 6.92 Å². The highest BCUT2D eigenvalue weighted by atomic mass is 32.1. The van der Waals surface area contributed by atoms with Crippen LogP contribution in [0.2, 0.25) is 0 Å². The number of nitrogens with one attached hydrogen (secondary N) is 1. The second-order valence-electron chi connectivity index (χ2n) is 2.96. The number of Topliss-reactive ketones (excluding diaryl/α,β-unsaturated/α-hetero) is 1. The van der Waals surface area contributed by atoms with Gasteiger partial charge >= 0.3 is 0 Å². The van der Waals surface area contributed by atoms with Crippen LogP contribution in [0.4, 0.5) is 0 Å². The van der Waals surface area contributed by atoms with Crippen molar-refractivity contribution in [2.75, 3.05) is 6.54 Å². The number of rotatable bonds is 3. The van der Waals surface area contributed by atoms with E-state index in [1.807, 2.05) is 25.1 Å². The second kappa shape index (κ2) is 4.72. The van der Waals surface area contributed by atoms with Crippen LogP contribution in [-0.2, 0) is 0 Å². The van der Waals surface area contributed by atoms with E-state index in [0.29, 0.717) is 5.56 Å². The molecule has 1 aromatic rings. The lowest BCUT2D eigenvalue weighted by atomic mass is 10.1. The maximum atomic E-state index is 11.6. The fourth-order valence-corrected chi connectivity index (χ4v) is 1.22. The van der Waals surface area contributed by atoms with Crippen LogP contribution in [0.15, 0.2) is 24.3 Å². The third kappa shape index (κ3) is 2.81. The Bertz CT molecular complexity index is 363. The van der Waals surface area contributed by atoms with Gasteiger partial charge in [0.2, 0.25) is 0 Å². The summed E-state index contributed by atoms with van der Waals surface area (Å²) < 4.78 is 0. The SMILES string of the molecule is Cc1ccccc1C(=O)CNC(N)=S. The predicted molar refractivity (Wildman–Crippen MR) is 60.3 cm³/mol. The molecule has 0 spiro atoms. The van der Waals surface area contributed by atoms with E-state index in [-0.39, 0.29) is 17.4 Å². The number of nitrogens with two attached hydrogens (primary N) is 1. The van der Waals surface area contributed by atoms with E-state index in [2.05, 4.69) is 17.5 Å². The summed E-state index contributed by atoms with van der Waals surface area (Å²) in [4.78, 5) is 11.6. The van der Waals surface area contributed by atoms with Gasteiger partial charge < -0.3 is 11.1 Å². The largest absolute Gasteiger partial charge is 0.376 e. The summed E-state index contributed by atoms with van der Waals surface area (Å²) >= 11 is 4.61. The quantitative estimate of drug-likeness (QED) is 0.575. The fourth-order valence-electron chi connectivity index (χ4n) is 1.15. The van der Waals surface area contributed by atoms with Crippen molar-refractivity contribution >= 4 is 23.1 Å². The second-order valence-corrected chi connectivity index (χ2v) is 3.40. The Kier molecular flexibility index (Phi) is 3.59. The van der Waals surface area contributed by atoms with Crippen LogP contribution in [0.3, 0.4) is 0 Å². The number of carbonyl (C=O) groups excluding carboxylic acids is 1. The minimum absolute atomic E-state index is 0.00380. The molecule has 0 unspecified atom stereocenters. The summed E-state index contributed by atoms with van der Waals surface area (Å²) in [6.45, 7) is 2.05. The molecule has 0 aliphatic heterocycles. The number of ketones is 1. The van der Waals surface area contributed by atoms with Crippen LogP contribution in [0.5, 0.6) is 0 Å². The number of thiocarbonyl (C=S) groups is 1. The molecule has 0 aliphatic rings. The molecular weight excluding hydrogens is 196 g/mol. The van der Waals surface area contributed by atoms with Crippen molar-refractivity contribution in [3.63, 3.8) is 0 Å². The van der Waals surface area contributed by atoms with Crippen LogP contribution in [0.1, 0.15) is 15.9 Å². The molecular formula is C10H12N2OS. The Morgan fingerprint density at radius 1 is 1.50 bits per heavy atom. The van der Waals surface area contributed by atoms with E-state index in [0.717, 1.165) is 5.56 Å². The molecule has 1 aromatic carbocycles. The lowest BCUT2D eigenvalue weighted by Gasteiger charge is -2.05. The van der Waals surface area contributed by atoms with Crippen LogP contribution in [0.25, 0.3) is 0 Å². The normalized spacial score (nSPS) is 9.50. The molecule has 0 saturated carbocycles. The summed E-state index contributed by atoms with van der Waals surface area (Å²) in [5, 5.41) is 2.78. The first-order valence-corrected chi connectivity index (χ1v) is 4.64. The maximum Gasteiger partial charge on any atom is 0.182 e. The van der Waals surface area contributed by atoms with Crippen molar-refractivity contribution < 1.29 is 4.79 Å². The molecule has 14 heavy (non-hydrogen) atoms. The average Bonchev–Trinajstić information content (AvgIpc) is 2.15. The molecule has 3 N–H and O–H groups in total. The van der Waals surface area contributed by atoms with Gasteiger partial charge in [0.25, 0.3) is 0 Å². The Labute approximate surface area is 88.3 Å². The fraction of sp³-hybridized carbons (Fsp3) is 0.200. The zero-order valence-corrected chi connectivity index (χ0v) is 8.73. The standard InChI is InChI=1S/C10H12N2OS/c1-7-4-2-3-5-8(7)9(13)6-12-10(11)14/h2-5H,6H2,1H3,(H3,11,12,14). The molecule has 0 bridgehead atoms. The van der Waals surface area contributed by atoms with E-state index < -0.39 is 0 Å². The summed E-state index contributed by atoms with van der Waals surface area (Å²) in [5.41, 5.74) is 6.89. The third-order valence-electron chi connectivity index (χ3n) is 1.87. The number of aryl methyl sites for hydroxylation is 1. The van der Waals surface area contributed by atoms with E-state index in [4.69, 9.17) is 5.73 Å². The highest BCUT2D eigenvalue weighted by Gasteiger charge is 2.07. The van der Waals surface area contributed by atoms with Crippen molar-refractivity contribution in [3.8, 4) is 0 Å². The highest BCUT2D eigenvalue weighted by molar-refractivity contribution is 7.80. The number of benzene rings is 1. The molecule has 0 aromatic heterocycles. The zero-order chi connectivity index (χ0) is 10.6. The number of hydrogen-bond donors (Lipinski definition) is 2. The summed E-state index contributed by atoms with van der Waals surface area (Å²) in [7, 11) is 0. The van der Waals surface area contributed by atoms with E-state index >= 15 is 0 Å². The molecule has 1 rings (SSSR count). The van der Waals surface area contributed by atoms with Crippen LogP contribution in [0, 0.1) is 6.92 Å². The van der Waals surface area contributed by atoms with Gasteiger partial charge in [0.1, 0.15) is 0 Å². The lowest BCUT2D eigenvalue weighted by molar-refractivity contribution is 0.0996. The predicted octanol–water partition coefficient (Wildman–Crippen LogP) is 1.01. The molecule has 0 aliphatic carbocycles. The first kappa shape index (κ1) is 10.7. The van der Waals surface area contributed by atoms with Crippen molar-refractivity contribution in [2.24, 2.45) is 5.73 Å². The van der Waals surface area contributed by atoms with Gasteiger partial charge in [0, 0.05) is 5.56 Å². The third-order valence-corrected chi connectivity index (χ3v) is 2.01. The van der Waals surface area contributed by atoms with Crippen molar-refractivity contribution in [1.82, 2.24) is 5.32 Å². The molecule has 0 radical (unpaired) electrons. The number of hydrogen-bond acceptors (Lipinski definition) is 2. The van der Waals surface area contributed by atoms with Crippen LogP contribution < -0.4 is 11.1 Å². The summed E-state index contributed by atoms with van der Waals surface area (Å²) in [6.07, 6.45) is 0. The Morgan fingerprint density at radius 3 is 2.71 bits per heavy atom. The Morgan fingerprint density at radius 2 is 2.14 bits per heavy atom. The molecule has 0 saturated heterocycles. The van der Waals surface area contributed by atoms with Gasteiger partial charge in [-0.1, -0.05) is 24.3 Å². The van der Waals surface area contributed by atoms with Crippen molar-refractivity contribution in [3.05, 3.63) is 35.4 Å². The highest BCUT2D eigenvalue weighted by Crippen LogP contribution is 2.06. The summed E-state index contributed by atoms with van der Waals surface area (Å²) in [6, 6.07) is 7.42. The van der Waals surface area contributed by atoms with Gasteiger partial charge in [0.15, 0.2) is 10.9 Å². The molecule has 0 fully saturated rings. The van der Waals surface area contributed by atoms with Crippen molar-refractivity contribution in [1.29, 1.82) is 0 Å². The minimum Gasteiger partial charge on any atom is -0.376 e. The molecule has 3 nitrogen and oxygen atoms in total. The molecule has 74 valence electrons. The smallest absolute Gasteiger partial charge is 0.182 e. The number of carbonyl (C=O) groups is 1. The van der Waals surface area contributed by atoms with E-state index in [9.17, 15) is 4.79 Å². The first-order valence-electron chi connectivity index (χ1n) is 4.23. The summed E-state index contributed by atoms with van der Waals surface area (Å²) in [5.74, 6) is -0.00380. The average molecular weight is 208 g/mol. The zero-order valence-electron chi connectivity index (χ0n) is 7.91. The first-order chi connectivity index (χ1) is 6.61. The lowest BCUT2D eigenvalue weighted by Crippen LogP contribution is -2.33. The Hall–Kier alpha value is -1.42. The van der Waals surface area contributed by atoms with Crippen LogP contribution >= 0.6 is 12.2 Å². The Balaban J connectivity index is 2.70. The van der Waals surface area contributed by atoms with Crippen LogP contribution in [-0.4, -0.2) is 17.4 Å². The van der Waals surface area contributed by atoms with Gasteiger partial charge in [-0.25, -0.2) is 0 Å². The molecule has 0 heterocycles. The van der Waals surface area contributed by atoms with E-state index in [1.54, 1.807) is 6.07 Å². The molecule has 0 atom stereocenters. The van der Waals surface area contributed by atoms with Gasteiger partial charge in [-0.2, -0.15) is 0 Å².